The molecule has 0 spiro atoms. The Kier molecular flexibility index (Phi) is 4.57. The van der Waals surface area contributed by atoms with E-state index < -0.39 is 5.82 Å². The zero-order valence-electron chi connectivity index (χ0n) is 12.8. The van der Waals surface area contributed by atoms with Crippen molar-refractivity contribution in [3.05, 3.63) is 47.8 Å². The highest BCUT2D eigenvalue weighted by Gasteiger charge is 2.30. The van der Waals surface area contributed by atoms with Crippen LogP contribution in [-0.4, -0.2) is 47.1 Å². The lowest BCUT2D eigenvalue weighted by Crippen LogP contribution is -2.45. The van der Waals surface area contributed by atoms with Gasteiger partial charge in [0.25, 0.3) is 5.91 Å². The van der Waals surface area contributed by atoms with Gasteiger partial charge in [-0.3, -0.25) is 4.79 Å². The third-order valence-corrected chi connectivity index (χ3v) is 3.67. The van der Waals surface area contributed by atoms with Crippen molar-refractivity contribution >= 4 is 5.91 Å². The number of H-pyrrole nitrogens is 1. The minimum atomic E-state index is -0.486. The van der Waals surface area contributed by atoms with E-state index in [9.17, 15) is 9.18 Å². The molecule has 0 aliphatic carbocycles. The van der Waals surface area contributed by atoms with Gasteiger partial charge in [-0.05, 0) is 19.1 Å². The molecule has 1 amide bonds. The topological polar surface area (TPSA) is 67.4 Å². The molecule has 6 nitrogen and oxygen atoms in total. The van der Waals surface area contributed by atoms with Crippen LogP contribution in [0.1, 0.15) is 17.6 Å². The maximum atomic E-state index is 13.5. The summed E-state index contributed by atoms with van der Waals surface area (Å²) >= 11 is 0. The molecule has 1 unspecified atom stereocenters. The summed E-state index contributed by atoms with van der Waals surface area (Å²) in [5.74, 6) is 0.0389. The Morgan fingerprint density at radius 3 is 3.09 bits per heavy atom. The van der Waals surface area contributed by atoms with Gasteiger partial charge in [0.1, 0.15) is 11.9 Å². The Morgan fingerprint density at radius 1 is 1.52 bits per heavy atom. The fraction of sp³-hybridized carbons (Fsp3) is 0.375. The lowest BCUT2D eigenvalue weighted by molar-refractivity contribution is -0.142. The summed E-state index contributed by atoms with van der Waals surface area (Å²) in [6, 6.07) is 5.74. The summed E-state index contributed by atoms with van der Waals surface area (Å²) in [4.78, 5) is 21.5. The third-order valence-electron chi connectivity index (χ3n) is 3.67. The summed E-state index contributed by atoms with van der Waals surface area (Å²) < 4.78 is 24.3. The SMILES string of the molecule is Cc1cnc(C2COCCN2C(=O)COc2ccccc2F)[nH]1. The highest BCUT2D eigenvalue weighted by Crippen LogP contribution is 2.22. The summed E-state index contributed by atoms with van der Waals surface area (Å²) in [5, 5.41) is 0. The number of aromatic amines is 1. The predicted molar refractivity (Wildman–Crippen MR) is 80.5 cm³/mol. The smallest absolute Gasteiger partial charge is 0.261 e. The molecular weight excluding hydrogens is 301 g/mol. The second-order valence-corrected chi connectivity index (χ2v) is 5.35. The molecule has 0 saturated carbocycles. The van der Waals surface area contributed by atoms with Crippen molar-refractivity contribution < 1.29 is 18.7 Å². The summed E-state index contributed by atoms with van der Waals surface area (Å²) in [6.07, 6.45) is 1.71. The summed E-state index contributed by atoms with van der Waals surface area (Å²) in [5.41, 5.74) is 0.917. The number of hydrogen-bond donors (Lipinski definition) is 1. The molecule has 3 rings (SSSR count). The summed E-state index contributed by atoms with van der Waals surface area (Å²) in [6.45, 7) is 2.95. The monoisotopic (exact) mass is 319 g/mol. The van der Waals surface area contributed by atoms with Crippen LogP contribution >= 0.6 is 0 Å². The molecule has 1 aliphatic heterocycles. The van der Waals surface area contributed by atoms with Crippen LogP contribution < -0.4 is 4.74 Å². The number of nitrogens with zero attached hydrogens (tertiary/aromatic N) is 2. The largest absolute Gasteiger partial charge is 0.481 e. The number of carbonyl (C=O) groups excluding carboxylic acids is 1. The van der Waals surface area contributed by atoms with Gasteiger partial charge in [0.2, 0.25) is 0 Å². The standard InChI is InChI=1S/C16H18FN3O3/c1-11-8-18-16(19-11)13-9-22-7-6-20(13)15(21)10-23-14-5-3-2-4-12(14)17/h2-5,8,13H,6-7,9-10H2,1H3,(H,18,19). The van der Waals surface area contributed by atoms with Gasteiger partial charge in [-0.2, -0.15) is 0 Å². The number of rotatable bonds is 4. The van der Waals surface area contributed by atoms with Crippen molar-refractivity contribution in [2.24, 2.45) is 0 Å². The van der Waals surface area contributed by atoms with Crippen LogP contribution in [0, 0.1) is 12.7 Å². The van der Waals surface area contributed by atoms with E-state index in [1.165, 1.54) is 12.1 Å². The highest BCUT2D eigenvalue weighted by molar-refractivity contribution is 5.78. The van der Waals surface area contributed by atoms with Crippen molar-refractivity contribution in [1.29, 1.82) is 0 Å². The number of benzene rings is 1. The van der Waals surface area contributed by atoms with Crippen LogP contribution in [0.25, 0.3) is 0 Å². The van der Waals surface area contributed by atoms with Gasteiger partial charge in [-0.15, -0.1) is 0 Å². The average molecular weight is 319 g/mol. The van der Waals surface area contributed by atoms with Gasteiger partial charge in [0.15, 0.2) is 18.2 Å². The third kappa shape index (κ3) is 3.50. The van der Waals surface area contributed by atoms with E-state index in [2.05, 4.69) is 9.97 Å². The molecule has 2 aromatic rings. The van der Waals surface area contributed by atoms with E-state index in [-0.39, 0.29) is 24.3 Å². The first-order chi connectivity index (χ1) is 11.1. The van der Waals surface area contributed by atoms with Crippen molar-refractivity contribution in [2.75, 3.05) is 26.4 Å². The molecule has 1 fully saturated rings. The van der Waals surface area contributed by atoms with Gasteiger partial charge in [0.05, 0.1) is 13.2 Å². The average Bonchev–Trinajstić information content (AvgIpc) is 3.00. The molecule has 1 N–H and O–H groups in total. The number of aryl methyl sites for hydroxylation is 1. The molecule has 1 aliphatic rings. The second-order valence-electron chi connectivity index (χ2n) is 5.35. The van der Waals surface area contributed by atoms with Gasteiger partial charge in [-0.25, -0.2) is 9.37 Å². The molecule has 1 aromatic carbocycles. The zero-order valence-corrected chi connectivity index (χ0v) is 12.8. The van der Waals surface area contributed by atoms with Crippen LogP contribution in [-0.2, 0) is 9.53 Å². The first kappa shape index (κ1) is 15.5. The quantitative estimate of drug-likeness (QED) is 0.934. The molecular formula is C16H18FN3O3. The highest BCUT2D eigenvalue weighted by atomic mass is 19.1. The number of imidazole rings is 1. The fourth-order valence-electron chi connectivity index (χ4n) is 2.52. The summed E-state index contributed by atoms with van der Waals surface area (Å²) in [7, 11) is 0. The number of nitrogens with one attached hydrogen (secondary N) is 1. The number of hydrogen-bond acceptors (Lipinski definition) is 4. The Hall–Kier alpha value is -2.41. The number of morpholine rings is 1. The Labute approximate surface area is 133 Å². The van der Waals surface area contributed by atoms with E-state index in [1.807, 2.05) is 6.92 Å². The van der Waals surface area contributed by atoms with Gasteiger partial charge in [-0.1, -0.05) is 12.1 Å². The van der Waals surface area contributed by atoms with Gasteiger partial charge < -0.3 is 19.4 Å². The van der Waals surface area contributed by atoms with Crippen molar-refractivity contribution in [3.8, 4) is 5.75 Å². The fourth-order valence-corrected chi connectivity index (χ4v) is 2.52. The molecule has 2 heterocycles. The Morgan fingerprint density at radius 2 is 2.35 bits per heavy atom. The first-order valence-corrected chi connectivity index (χ1v) is 7.41. The number of aromatic nitrogens is 2. The zero-order chi connectivity index (χ0) is 16.2. The van der Waals surface area contributed by atoms with Crippen LogP contribution in [0.4, 0.5) is 4.39 Å². The van der Waals surface area contributed by atoms with Crippen LogP contribution in [0.2, 0.25) is 0 Å². The van der Waals surface area contributed by atoms with Crippen molar-refractivity contribution in [3.63, 3.8) is 0 Å². The van der Waals surface area contributed by atoms with Crippen LogP contribution in [0.15, 0.2) is 30.5 Å². The molecule has 1 saturated heterocycles. The van der Waals surface area contributed by atoms with Gasteiger partial charge in [0, 0.05) is 18.4 Å². The van der Waals surface area contributed by atoms with E-state index in [0.29, 0.717) is 25.6 Å². The van der Waals surface area contributed by atoms with Gasteiger partial charge >= 0.3 is 0 Å². The van der Waals surface area contributed by atoms with E-state index in [4.69, 9.17) is 9.47 Å². The van der Waals surface area contributed by atoms with Crippen LogP contribution in [0.3, 0.4) is 0 Å². The van der Waals surface area contributed by atoms with Crippen molar-refractivity contribution in [2.45, 2.75) is 13.0 Å². The minimum absolute atomic E-state index is 0.0690. The van der Waals surface area contributed by atoms with E-state index >= 15 is 0 Å². The number of ether oxygens (including phenoxy) is 2. The molecule has 0 bridgehead atoms. The number of amides is 1. The molecule has 0 radical (unpaired) electrons. The number of halogens is 1. The molecule has 7 heteroatoms. The number of para-hydroxylation sites is 1. The minimum Gasteiger partial charge on any atom is -0.481 e. The van der Waals surface area contributed by atoms with E-state index in [1.54, 1.807) is 23.2 Å². The van der Waals surface area contributed by atoms with Crippen LogP contribution in [0.5, 0.6) is 5.75 Å². The lowest BCUT2D eigenvalue weighted by Gasteiger charge is -2.34. The molecule has 1 aromatic heterocycles. The molecule has 1 atom stereocenters. The molecule has 23 heavy (non-hydrogen) atoms. The Bertz CT molecular complexity index is 689. The Balaban J connectivity index is 1.68. The predicted octanol–water partition coefficient (Wildman–Crippen LogP) is 1.84. The van der Waals surface area contributed by atoms with Crippen molar-refractivity contribution in [1.82, 2.24) is 14.9 Å². The first-order valence-electron chi connectivity index (χ1n) is 7.41. The second kappa shape index (κ2) is 6.78. The lowest BCUT2D eigenvalue weighted by atomic mass is 10.2. The number of carbonyl (C=O) groups is 1. The van der Waals surface area contributed by atoms with E-state index in [0.717, 1.165) is 5.69 Å². The normalized spacial score (nSPS) is 18.0. The maximum absolute atomic E-state index is 13.5. The maximum Gasteiger partial charge on any atom is 0.261 e. The molecule has 122 valence electrons.